The first-order chi connectivity index (χ1) is 8.58. The molecule has 0 heterocycles. The molecule has 1 aromatic rings. The highest BCUT2D eigenvalue weighted by Crippen LogP contribution is 2.23. The van der Waals surface area contributed by atoms with Crippen LogP contribution in [0, 0.1) is 0 Å². The van der Waals surface area contributed by atoms with Gasteiger partial charge in [0, 0.05) is 19.8 Å². The minimum atomic E-state index is -1.36. The Morgan fingerprint density at radius 2 is 1.83 bits per heavy atom. The number of rotatable bonds is 4. The van der Waals surface area contributed by atoms with E-state index >= 15 is 0 Å². The maximum Gasteiger partial charge on any atom is 0.361 e. The van der Waals surface area contributed by atoms with Crippen molar-refractivity contribution >= 4 is 17.5 Å². The van der Waals surface area contributed by atoms with Crippen LogP contribution in [0.5, 0.6) is 0 Å². The molecule has 0 saturated carbocycles. The van der Waals surface area contributed by atoms with Gasteiger partial charge in [0.05, 0.1) is 0 Å². The molecule has 1 aliphatic carbocycles. The summed E-state index contributed by atoms with van der Waals surface area (Å²) in [6.07, 6.45) is 1.17. The summed E-state index contributed by atoms with van der Waals surface area (Å²) in [6, 6.07) is 7.91. The number of oxime groups is 1. The minimum absolute atomic E-state index is 0.198. The van der Waals surface area contributed by atoms with E-state index in [9.17, 15) is 9.59 Å². The molecule has 5 nitrogen and oxygen atoms in total. The lowest BCUT2D eigenvalue weighted by Gasteiger charge is -2.06. The zero-order chi connectivity index (χ0) is 13.1. The Labute approximate surface area is 104 Å². The molecule has 0 radical (unpaired) electrons. The van der Waals surface area contributed by atoms with Crippen molar-refractivity contribution < 1.29 is 19.5 Å². The quantitative estimate of drug-likeness (QED) is 0.492. The molecule has 1 aromatic carbocycles. The van der Waals surface area contributed by atoms with E-state index in [1.165, 1.54) is 11.1 Å². The molecule has 0 spiro atoms. The van der Waals surface area contributed by atoms with E-state index in [-0.39, 0.29) is 6.10 Å². The van der Waals surface area contributed by atoms with Crippen LogP contribution in [0.15, 0.2) is 29.4 Å². The molecule has 0 aliphatic heterocycles. The van der Waals surface area contributed by atoms with E-state index in [4.69, 9.17) is 9.94 Å². The van der Waals surface area contributed by atoms with Crippen LogP contribution in [0.25, 0.3) is 0 Å². The second kappa shape index (κ2) is 5.00. The lowest BCUT2D eigenvalue weighted by molar-refractivity contribution is -0.130. The summed E-state index contributed by atoms with van der Waals surface area (Å²) in [5, 5.41) is 12.2. The Kier molecular flexibility index (Phi) is 3.41. The number of nitrogens with zero attached hydrogens (tertiary/aromatic N) is 1. The van der Waals surface area contributed by atoms with Gasteiger partial charge in [-0.1, -0.05) is 29.4 Å². The van der Waals surface area contributed by atoms with E-state index in [1.807, 2.05) is 24.3 Å². The lowest BCUT2D eigenvalue weighted by Crippen LogP contribution is -2.23. The monoisotopic (exact) mass is 247 g/mol. The number of fused-ring (bicyclic) bond motifs is 1. The standard InChI is InChI=1S/C13H13NO4/c1-8(15)12(13(16)17)14-18-11-6-9-4-2-3-5-10(9)7-11/h2-5,11H,6-7H2,1H3,(H,16,17)/b14-12+. The van der Waals surface area contributed by atoms with Gasteiger partial charge in [0.2, 0.25) is 5.71 Å². The molecular weight excluding hydrogens is 234 g/mol. The molecule has 0 aromatic heterocycles. The maximum absolute atomic E-state index is 11.0. The number of hydrogen-bond acceptors (Lipinski definition) is 4. The first-order valence-corrected chi connectivity index (χ1v) is 5.62. The number of carbonyl (C=O) groups is 2. The van der Waals surface area contributed by atoms with Crippen LogP contribution in [0.3, 0.4) is 0 Å². The zero-order valence-corrected chi connectivity index (χ0v) is 9.92. The molecule has 0 atom stereocenters. The number of hydrogen-bond donors (Lipinski definition) is 1. The number of ketones is 1. The molecule has 0 bridgehead atoms. The van der Waals surface area contributed by atoms with Crippen LogP contribution in [-0.2, 0) is 27.3 Å². The largest absolute Gasteiger partial charge is 0.476 e. The van der Waals surface area contributed by atoms with Gasteiger partial charge in [-0.05, 0) is 11.1 Å². The SMILES string of the molecule is CC(=O)/C(=N\OC1Cc2ccccc2C1)C(=O)O. The van der Waals surface area contributed by atoms with E-state index < -0.39 is 17.5 Å². The summed E-state index contributed by atoms with van der Waals surface area (Å²) < 4.78 is 0. The van der Waals surface area contributed by atoms with Crippen LogP contribution in [0.2, 0.25) is 0 Å². The highest BCUT2D eigenvalue weighted by Gasteiger charge is 2.24. The van der Waals surface area contributed by atoms with Gasteiger partial charge in [0.1, 0.15) is 6.10 Å². The molecule has 0 unspecified atom stereocenters. The van der Waals surface area contributed by atoms with E-state index in [1.54, 1.807) is 0 Å². The fourth-order valence-electron chi connectivity index (χ4n) is 1.97. The van der Waals surface area contributed by atoms with Crippen LogP contribution in [-0.4, -0.2) is 28.7 Å². The van der Waals surface area contributed by atoms with Crippen molar-refractivity contribution in [2.45, 2.75) is 25.9 Å². The first-order valence-electron chi connectivity index (χ1n) is 5.62. The third-order valence-corrected chi connectivity index (χ3v) is 2.84. The molecule has 18 heavy (non-hydrogen) atoms. The molecule has 2 rings (SSSR count). The fourth-order valence-corrected chi connectivity index (χ4v) is 1.97. The predicted octanol–water partition coefficient (Wildman–Crippen LogP) is 1.20. The summed E-state index contributed by atoms with van der Waals surface area (Å²) in [4.78, 5) is 26.9. The van der Waals surface area contributed by atoms with Gasteiger partial charge in [0.25, 0.3) is 0 Å². The van der Waals surface area contributed by atoms with Gasteiger partial charge >= 0.3 is 5.97 Å². The average Bonchev–Trinajstić information content (AvgIpc) is 2.70. The van der Waals surface area contributed by atoms with Gasteiger partial charge < -0.3 is 9.94 Å². The average molecular weight is 247 g/mol. The highest BCUT2D eigenvalue weighted by molar-refractivity contribution is 6.63. The number of Topliss-reactive ketones (excluding diaryl/α,β-unsaturated/α-hetero) is 1. The van der Waals surface area contributed by atoms with E-state index in [2.05, 4.69) is 5.16 Å². The highest BCUT2D eigenvalue weighted by atomic mass is 16.6. The Bertz CT molecular complexity index is 480. The minimum Gasteiger partial charge on any atom is -0.476 e. The molecule has 0 saturated heterocycles. The summed E-state index contributed by atoms with van der Waals surface area (Å²) in [5.41, 5.74) is 1.79. The van der Waals surface area contributed by atoms with E-state index in [0.29, 0.717) is 12.8 Å². The normalized spacial score (nSPS) is 15.3. The van der Waals surface area contributed by atoms with Crippen molar-refractivity contribution in [1.82, 2.24) is 0 Å². The molecule has 0 amide bonds. The smallest absolute Gasteiger partial charge is 0.361 e. The van der Waals surface area contributed by atoms with Crippen LogP contribution in [0.1, 0.15) is 18.1 Å². The molecule has 1 aliphatic rings. The Morgan fingerprint density at radius 1 is 1.28 bits per heavy atom. The molecule has 94 valence electrons. The third kappa shape index (κ3) is 2.56. The fraction of sp³-hybridized carbons (Fsp3) is 0.308. The Morgan fingerprint density at radius 3 is 2.28 bits per heavy atom. The van der Waals surface area contributed by atoms with Crippen LogP contribution in [0.4, 0.5) is 0 Å². The number of aliphatic carboxylic acids is 1. The van der Waals surface area contributed by atoms with Crippen LogP contribution < -0.4 is 0 Å². The Balaban J connectivity index is 2.03. The molecule has 1 N–H and O–H groups in total. The zero-order valence-electron chi connectivity index (χ0n) is 9.92. The number of carbonyl (C=O) groups excluding carboxylic acids is 1. The summed E-state index contributed by atoms with van der Waals surface area (Å²) >= 11 is 0. The lowest BCUT2D eigenvalue weighted by atomic mass is 10.1. The summed E-state index contributed by atoms with van der Waals surface area (Å²) in [5.74, 6) is -1.98. The summed E-state index contributed by atoms with van der Waals surface area (Å²) in [6.45, 7) is 1.15. The topological polar surface area (TPSA) is 76.0 Å². The predicted molar refractivity (Wildman–Crippen MR) is 64.5 cm³/mol. The van der Waals surface area contributed by atoms with Crippen LogP contribution >= 0.6 is 0 Å². The van der Waals surface area contributed by atoms with E-state index in [0.717, 1.165) is 6.92 Å². The third-order valence-electron chi connectivity index (χ3n) is 2.84. The number of benzene rings is 1. The van der Waals surface area contributed by atoms with Crippen molar-refractivity contribution in [3.8, 4) is 0 Å². The van der Waals surface area contributed by atoms with Crippen molar-refractivity contribution in [3.05, 3.63) is 35.4 Å². The number of carboxylic acid groups (broad SMARTS) is 1. The van der Waals surface area contributed by atoms with Gasteiger partial charge in [-0.2, -0.15) is 0 Å². The second-order valence-electron chi connectivity index (χ2n) is 4.21. The van der Waals surface area contributed by atoms with Gasteiger partial charge in [0.15, 0.2) is 5.78 Å². The van der Waals surface area contributed by atoms with Crippen molar-refractivity contribution in [3.63, 3.8) is 0 Å². The van der Waals surface area contributed by atoms with Gasteiger partial charge in [-0.3, -0.25) is 4.79 Å². The molecular formula is C13H13NO4. The summed E-state index contributed by atoms with van der Waals surface area (Å²) in [7, 11) is 0. The van der Waals surface area contributed by atoms with Crippen molar-refractivity contribution in [2.24, 2.45) is 5.16 Å². The van der Waals surface area contributed by atoms with Gasteiger partial charge in [-0.25, -0.2) is 4.79 Å². The Hall–Kier alpha value is -2.17. The van der Waals surface area contributed by atoms with Gasteiger partial charge in [-0.15, -0.1) is 0 Å². The maximum atomic E-state index is 11.0. The van der Waals surface area contributed by atoms with Crippen molar-refractivity contribution in [1.29, 1.82) is 0 Å². The van der Waals surface area contributed by atoms with Crippen molar-refractivity contribution in [2.75, 3.05) is 0 Å². The second-order valence-corrected chi connectivity index (χ2v) is 4.21. The number of carboxylic acids is 1. The first kappa shape index (κ1) is 12.3. The molecule has 0 fully saturated rings. The molecule has 5 heteroatoms.